The molecule has 0 radical (unpaired) electrons. The first-order valence-electron chi connectivity index (χ1n) is 10.2. The van der Waals surface area contributed by atoms with E-state index in [1.54, 1.807) is 6.07 Å². The zero-order valence-corrected chi connectivity index (χ0v) is 19.2. The molecule has 1 N–H and O–H groups in total. The van der Waals surface area contributed by atoms with E-state index in [0.29, 0.717) is 40.4 Å². The van der Waals surface area contributed by atoms with E-state index in [-0.39, 0.29) is 11.9 Å². The van der Waals surface area contributed by atoms with Crippen LogP contribution in [0.5, 0.6) is 0 Å². The number of rotatable bonds is 3. The van der Waals surface area contributed by atoms with Crippen LogP contribution in [0, 0.1) is 0 Å². The zero-order chi connectivity index (χ0) is 22.2. The van der Waals surface area contributed by atoms with Crippen LogP contribution in [0.1, 0.15) is 22.1 Å². The number of piperazine rings is 1. The van der Waals surface area contributed by atoms with Crippen molar-refractivity contribution in [2.24, 2.45) is 0 Å². The minimum atomic E-state index is -0.103. The number of aromatic amines is 1. The van der Waals surface area contributed by atoms with Gasteiger partial charge in [0.15, 0.2) is 5.69 Å². The summed E-state index contributed by atoms with van der Waals surface area (Å²) < 4.78 is 0. The highest BCUT2D eigenvalue weighted by Gasteiger charge is 2.33. The Morgan fingerprint density at radius 3 is 2.47 bits per heavy atom. The molecule has 5 nitrogen and oxygen atoms in total. The molecule has 32 heavy (non-hydrogen) atoms. The first kappa shape index (κ1) is 21.1. The second kappa shape index (κ2) is 8.66. The summed E-state index contributed by atoms with van der Waals surface area (Å²) in [6, 6.07) is 20.7. The summed E-state index contributed by atoms with van der Waals surface area (Å²) in [6.45, 7) is 1.65. The Morgan fingerprint density at radius 1 is 0.938 bits per heavy atom. The maximum atomic E-state index is 13.4. The highest BCUT2D eigenvalue weighted by Crippen LogP contribution is 2.37. The molecule has 1 aliphatic rings. The standard InChI is InChI=1S/C24H19Cl3N4O/c25-16-7-5-15(6-8-16)22-14-30(11-12-31(22)21-10-9-17(26)13-19(21)27)24(32)23-18-3-1-2-4-20(18)28-29-23/h1-10,13,22H,11-12,14H2,(H,28,29). The lowest BCUT2D eigenvalue weighted by Gasteiger charge is -2.43. The Balaban J connectivity index is 1.50. The number of anilines is 1. The van der Waals surface area contributed by atoms with Gasteiger partial charge >= 0.3 is 0 Å². The smallest absolute Gasteiger partial charge is 0.275 e. The Hall–Kier alpha value is -2.73. The van der Waals surface area contributed by atoms with E-state index in [2.05, 4.69) is 15.1 Å². The van der Waals surface area contributed by atoms with E-state index >= 15 is 0 Å². The molecule has 1 atom stereocenters. The highest BCUT2D eigenvalue weighted by molar-refractivity contribution is 6.36. The van der Waals surface area contributed by atoms with Gasteiger partial charge in [0.2, 0.25) is 0 Å². The summed E-state index contributed by atoms with van der Waals surface area (Å²) in [7, 11) is 0. The molecule has 1 saturated heterocycles. The Bertz CT molecular complexity index is 1290. The number of para-hydroxylation sites is 1. The van der Waals surface area contributed by atoms with Crippen molar-refractivity contribution in [3.8, 4) is 0 Å². The van der Waals surface area contributed by atoms with E-state index in [0.717, 1.165) is 22.2 Å². The van der Waals surface area contributed by atoms with Crippen LogP contribution in [0.4, 0.5) is 5.69 Å². The monoisotopic (exact) mass is 484 g/mol. The van der Waals surface area contributed by atoms with Gasteiger partial charge in [-0.2, -0.15) is 5.10 Å². The lowest BCUT2D eigenvalue weighted by molar-refractivity contribution is 0.0718. The van der Waals surface area contributed by atoms with Crippen LogP contribution in [0.15, 0.2) is 66.7 Å². The molecule has 1 aromatic heterocycles. The molecule has 1 aliphatic heterocycles. The third-order valence-corrected chi connectivity index (χ3v) is 6.60. The van der Waals surface area contributed by atoms with E-state index in [1.807, 2.05) is 65.6 Å². The third-order valence-electron chi connectivity index (χ3n) is 5.81. The largest absolute Gasteiger partial charge is 0.360 e. The topological polar surface area (TPSA) is 52.2 Å². The molecule has 2 heterocycles. The van der Waals surface area contributed by atoms with Gasteiger partial charge in [-0.25, -0.2) is 0 Å². The Kier molecular flexibility index (Phi) is 5.72. The molecule has 5 rings (SSSR count). The summed E-state index contributed by atoms with van der Waals surface area (Å²) in [5.74, 6) is -0.0942. The number of benzene rings is 3. The second-order valence-corrected chi connectivity index (χ2v) is 9.01. The van der Waals surface area contributed by atoms with Gasteiger partial charge in [0.05, 0.1) is 22.3 Å². The number of fused-ring (bicyclic) bond motifs is 1. The van der Waals surface area contributed by atoms with Crippen LogP contribution in [0.3, 0.4) is 0 Å². The van der Waals surface area contributed by atoms with Crippen molar-refractivity contribution in [2.75, 3.05) is 24.5 Å². The average Bonchev–Trinajstić information content (AvgIpc) is 3.23. The van der Waals surface area contributed by atoms with Crippen molar-refractivity contribution < 1.29 is 4.79 Å². The molecule has 162 valence electrons. The van der Waals surface area contributed by atoms with Crippen LogP contribution < -0.4 is 4.90 Å². The van der Waals surface area contributed by atoms with E-state index in [1.165, 1.54) is 0 Å². The van der Waals surface area contributed by atoms with Gasteiger partial charge in [-0.3, -0.25) is 9.89 Å². The number of hydrogen-bond acceptors (Lipinski definition) is 3. The molecule has 0 spiro atoms. The molecular formula is C24H19Cl3N4O. The van der Waals surface area contributed by atoms with Crippen molar-refractivity contribution in [2.45, 2.75) is 6.04 Å². The van der Waals surface area contributed by atoms with Crippen molar-refractivity contribution in [3.05, 3.63) is 93.1 Å². The molecule has 0 bridgehead atoms. The molecule has 8 heteroatoms. The van der Waals surface area contributed by atoms with E-state index < -0.39 is 0 Å². The quantitative estimate of drug-likeness (QED) is 0.374. The zero-order valence-electron chi connectivity index (χ0n) is 16.9. The number of halogens is 3. The van der Waals surface area contributed by atoms with Crippen LogP contribution in [0.2, 0.25) is 15.1 Å². The predicted molar refractivity (Wildman–Crippen MR) is 130 cm³/mol. The Labute approximate surface area is 200 Å². The van der Waals surface area contributed by atoms with Gasteiger partial charge in [-0.05, 0) is 42.0 Å². The lowest BCUT2D eigenvalue weighted by atomic mass is 10.0. The van der Waals surface area contributed by atoms with Crippen LogP contribution in [-0.2, 0) is 0 Å². The molecule has 4 aromatic rings. The summed E-state index contributed by atoms with van der Waals surface area (Å²) in [4.78, 5) is 17.5. The summed E-state index contributed by atoms with van der Waals surface area (Å²) in [6.07, 6.45) is 0. The van der Waals surface area contributed by atoms with Crippen LogP contribution in [0.25, 0.3) is 10.9 Å². The van der Waals surface area contributed by atoms with Gasteiger partial charge in [-0.1, -0.05) is 65.1 Å². The number of nitrogens with one attached hydrogen (secondary N) is 1. The molecule has 3 aromatic carbocycles. The number of nitrogens with zero attached hydrogens (tertiary/aromatic N) is 3. The molecule has 1 fully saturated rings. The van der Waals surface area contributed by atoms with Crippen molar-refractivity contribution in [3.63, 3.8) is 0 Å². The average molecular weight is 486 g/mol. The van der Waals surface area contributed by atoms with Crippen LogP contribution in [-0.4, -0.2) is 40.6 Å². The van der Waals surface area contributed by atoms with Gasteiger partial charge in [0, 0.05) is 35.1 Å². The van der Waals surface area contributed by atoms with Gasteiger partial charge < -0.3 is 9.80 Å². The summed E-state index contributed by atoms with van der Waals surface area (Å²) in [5.41, 5.74) is 3.21. The fraction of sp³-hybridized carbons (Fsp3) is 0.167. The molecular weight excluding hydrogens is 467 g/mol. The fourth-order valence-corrected chi connectivity index (χ4v) is 4.86. The number of carbonyl (C=O) groups is 1. The first-order chi connectivity index (χ1) is 15.5. The summed E-state index contributed by atoms with van der Waals surface area (Å²) in [5, 5.41) is 9.90. The fourth-order valence-electron chi connectivity index (χ4n) is 4.22. The predicted octanol–water partition coefficient (Wildman–Crippen LogP) is 6.23. The van der Waals surface area contributed by atoms with Crippen molar-refractivity contribution >= 4 is 57.3 Å². The number of hydrogen-bond donors (Lipinski definition) is 1. The normalized spacial score (nSPS) is 16.5. The Morgan fingerprint density at radius 2 is 1.69 bits per heavy atom. The van der Waals surface area contributed by atoms with Crippen molar-refractivity contribution in [1.29, 1.82) is 0 Å². The minimum Gasteiger partial charge on any atom is -0.360 e. The minimum absolute atomic E-state index is 0.0942. The second-order valence-electron chi connectivity index (χ2n) is 7.73. The highest BCUT2D eigenvalue weighted by atomic mass is 35.5. The third kappa shape index (κ3) is 3.92. The first-order valence-corrected chi connectivity index (χ1v) is 11.3. The number of H-pyrrole nitrogens is 1. The molecule has 0 aliphatic carbocycles. The molecule has 0 saturated carbocycles. The number of aromatic nitrogens is 2. The van der Waals surface area contributed by atoms with Gasteiger partial charge in [0.1, 0.15) is 0 Å². The number of carbonyl (C=O) groups excluding carboxylic acids is 1. The van der Waals surface area contributed by atoms with Crippen LogP contribution >= 0.6 is 34.8 Å². The number of amides is 1. The van der Waals surface area contributed by atoms with Gasteiger partial charge in [0.25, 0.3) is 5.91 Å². The summed E-state index contributed by atoms with van der Waals surface area (Å²) >= 11 is 18.8. The van der Waals surface area contributed by atoms with Gasteiger partial charge in [-0.15, -0.1) is 0 Å². The van der Waals surface area contributed by atoms with E-state index in [4.69, 9.17) is 34.8 Å². The lowest BCUT2D eigenvalue weighted by Crippen LogP contribution is -2.50. The van der Waals surface area contributed by atoms with Crippen molar-refractivity contribution in [1.82, 2.24) is 15.1 Å². The maximum Gasteiger partial charge on any atom is 0.275 e. The molecule has 1 amide bonds. The van der Waals surface area contributed by atoms with E-state index in [9.17, 15) is 4.79 Å². The maximum absolute atomic E-state index is 13.4. The SMILES string of the molecule is O=C(c1n[nH]c2ccccc12)N1CCN(c2ccc(Cl)cc2Cl)C(c2ccc(Cl)cc2)C1. The molecule has 1 unspecified atom stereocenters.